The molecule has 1 amide bonds. The third-order valence-corrected chi connectivity index (χ3v) is 6.35. The highest BCUT2D eigenvalue weighted by molar-refractivity contribution is 6.05. The number of amides is 1. The summed E-state index contributed by atoms with van der Waals surface area (Å²) < 4.78 is 47.2. The molecule has 0 saturated carbocycles. The maximum atomic E-state index is 13.3. The summed E-state index contributed by atoms with van der Waals surface area (Å²) in [6.45, 7) is 1.96. The Morgan fingerprint density at radius 2 is 1.78 bits per heavy atom. The highest BCUT2D eigenvalue weighted by Gasteiger charge is 2.31. The summed E-state index contributed by atoms with van der Waals surface area (Å²) in [6, 6.07) is 20.0. The van der Waals surface area contributed by atoms with Crippen molar-refractivity contribution in [1.29, 1.82) is 0 Å². The average Bonchev–Trinajstić information content (AvgIpc) is 3.36. The van der Waals surface area contributed by atoms with Crippen LogP contribution in [0.25, 0.3) is 16.9 Å². The molecule has 0 saturated heterocycles. The molecule has 5 aromatic rings. The zero-order valence-electron chi connectivity index (χ0n) is 21.6. The predicted molar refractivity (Wildman–Crippen MR) is 145 cm³/mol. The Hall–Kier alpha value is -5.19. The monoisotopic (exact) mass is 560 g/mol. The third kappa shape index (κ3) is 5.74. The first-order valence-electron chi connectivity index (χ1n) is 12.6. The van der Waals surface area contributed by atoms with E-state index in [1.54, 1.807) is 31.2 Å². The lowest BCUT2D eigenvalue weighted by Crippen LogP contribution is -2.15. The van der Waals surface area contributed by atoms with E-state index in [0.29, 0.717) is 23.4 Å². The zero-order valence-corrected chi connectivity index (χ0v) is 21.6. The van der Waals surface area contributed by atoms with Gasteiger partial charge in [0.25, 0.3) is 5.91 Å². The molecule has 8 nitrogen and oxygen atoms in total. The Morgan fingerprint density at radius 3 is 2.49 bits per heavy atom. The Labute approximate surface area is 232 Å². The predicted octanol–water partition coefficient (Wildman–Crippen LogP) is 6.51. The van der Waals surface area contributed by atoms with Crippen molar-refractivity contribution in [3.05, 3.63) is 113 Å². The van der Waals surface area contributed by atoms with Gasteiger partial charge in [0.1, 0.15) is 17.9 Å². The maximum Gasteiger partial charge on any atom is 0.416 e. The van der Waals surface area contributed by atoms with Crippen LogP contribution in [0.1, 0.15) is 44.5 Å². The van der Waals surface area contributed by atoms with Gasteiger partial charge in [0.2, 0.25) is 0 Å². The van der Waals surface area contributed by atoms with Crippen LogP contribution >= 0.6 is 0 Å². The van der Waals surface area contributed by atoms with Crippen molar-refractivity contribution in [2.75, 3.05) is 5.32 Å². The molecule has 0 aliphatic heterocycles. The number of carbonyl (C=O) groups is 2. The van der Waals surface area contributed by atoms with E-state index < -0.39 is 23.6 Å². The van der Waals surface area contributed by atoms with Crippen molar-refractivity contribution < 1.29 is 32.6 Å². The summed E-state index contributed by atoms with van der Waals surface area (Å²) in [5, 5.41) is 16.8. The quantitative estimate of drug-likeness (QED) is 0.224. The lowest BCUT2D eigenvalue weighted by atomic mass is 10.1. The molecular formula is C30H23F3N4O4. The fraction of sp³-hybridized carbons (Fsp3) is 0.133. The molecule has 2 N–H and O–H groups in total. The standard InChI is InChI=1S/C30H23F3N4O4/c1-2-22-26(29(39)40)27-34-14-13-24(37(27)36-22)19-11-12-25(41-17-18-7-4-3-5-8-18)23(16-19)35-28(38)20-9-6-10-21(15-20)30(31,32)33/h3-16H,2,17H2,1H3,(H,35,38)(H,39,40). The topological polar surface area (TPSA) is 106 Å². The number of hydrogen-bond acceptors (Lipinski definition) is 5. The second-order valence-corrected chi connectivity index (χ2v) is 9.06. The number of anilines is 1. The summed E-state index contributed by atoms with van der Waals surface area (Å²) in [5.41, 5.74) is 1.47. The third-order valence-electron chi connectivity index (χ3n) is 6.35. The SMILES string of the molecule is CCc1nn2c(-c3ccc(OCc4ccccc4)c(NC(=O)c4cccc(C(F)(F)F)c4)c3)ccnc2c1C(=O)O. The van der Waals surface area contributed by atoms with Crippen molar-refractivity contribution in [3.63, 3.8) is 0 Å². The summed E-state index contributed by atoms with van der Waals surface area (Å²) >= 11 is 0. The number of rotatable bonds is 8. The Kier molecular flexibility index (Phi) is 7.43. The molecule has 0 unspecified atom stereocenters. The van der Waals surface area contributed by atoms with E-state index in [1.165, 1.54) is 16.8 Å². The van der Waals surface area contributed by atoms with E-state index in [-0.39, 0.29) is 34.8 Å². The van der Waals surface area contributed by atoms with Crippen molar-refractivity contribution in [3.8, 4) is 17.0 Å². The van der Waals surface area contributed by atoms with Gasteiger partial charge in [-0.15, -0.1) is 0 Å². The lowest BCUT2D eigenvalue weighted by Gasteiger charge is -2.15. The largest absolute Gasteiger partial charge is 0.487 e. The number of aryl methyl sites for hydroxylation is 1. The Morgan fingerprint density at radius 1 is 1.00 bits per heavy atom. The molecule has 0 aliphatic carbocycles. The van der Waals surface area contributed by atoms with Crippen LogP contribution in [0.2, 0.25) is 0 Å². The molecule has 2 heterocycles. The van der Waals surface area contributed by atoms with Crippen LogP contribution in [0, 0.1) is 0 Å². The molecule has 0 fully saturated rings. The summed E-state index contributed by atoms with van der Waals surface area (Å²) in [5.74, 6) is -1.64. The number of benzene rings is 3. The number of ether oxygens (including phenoxy) is 1. The first-order valence-corrected chi connectivity index (χ1v) is 12.6. The minimum absolute atomic E-state index is 0.00441. The van der Waals surface area contributed by atoms with Gasteiger partial charge in [0.05, 0.1) is 22.6 Å². The van der Waals surface area contributed by atoms with Crippen molar-refractivity contribution in [1.82, 2.24) is 14.6 Å². The van der Waals surface area contributed by atoms with Crippen LogP contribution < -0.4 is 10.1 Å². The number of fused-ring (bicyclic) bond motifs is 1. The van der Waals surface area contributed by atoms with Crippen LogP contribution in [0.4, 0.5) is 18.9 Å². The average molecular weight is 561 g/mol. The van der Waals surface area contributed by atoms with Gasteiger partial charge in [0, 0.05) is 17.3 Å². The first-order chi connectivity index (χ1) is 19.7. The highest BCUT2D eigenvalue weighted by atomic mass is 19.4. The summed E-state index contributed by atoms with van der Waals surface area (Å²) in [4.78, 5) is 29.2. The highest BCUT2D eigenvalue weighted by Crippen LogP contribution is 2.34. The number of carbonyl (C=O) groups excluding carboxylic acids is 1. The lowest BCUT2D eigenvalue weighted by molar-refractivity contribution is -0.137. The number of hydrogen-bond donors (Lipinski definition) is 2. The maximum absolute atomic E-state index is 13.3. The van der Waals surface area contributed by atoms with Crippen LogP contribution in [0.15, 0.2) is 85.1 Å². The van der Waals surface area contributed by atoms with Crippen LogP contribution in [0.3, 0.4) is 0 Å². The van der Waals surface area contributed by atoms with Crippen LogP contribution in [0.5, 0.6) is 5.75 Å². The molecule has 11 heteroatoms. The number of halogens is 3. The summed E-state index contributed by atoms with van der Waals surface area (Å²) in [6.07, 6.45) is -2.78. The molecule has 208 valence electrons. The van der Waals surface area contributed by atoms with Gasteiger partial charge < -0.3 is 15.2 Å². The van der Waals surface area contributed by atoms with E-state index in [1.807, 2.05) is 30.3 Å². The van der Waals surface area contributed by atoms with Gasteiger partial charge >= 0.3 is 12.1 Å². The molecule has 3 aromatic carbocycles. The van der Waals surface area contributed by atoms with Gasteiger partial charge in [-0.25, -0.2) is 14.3 Å². The number of nitrogens with zero attached hydrogens (tertiary/aromatic N) is 3. The molecular weight excluding hydrogens is 537 g/mol. The molecule has 0 atom stereocenters. The van der Waals surface area contributed by atoms with E-state index in [2.05, 4.69) is 15.4 Å². The molecule has 0 aliphatic rings. The van der Waals surface area contributed by atoms with Gasteiger partial charge in [-0.3, -0.25) is 4.79 Å². The molecule has 5 rings (SSSR count). The van der Waals surface area contributed by atoms with Gasteiger partial charge in [0.15, 0.2) is 5.65 Å². The zero-order chi connectivity index (χ0) is 29.1. The minimum atomic E-state index is -4.61. The van der Waals surface area contributed by atoms with E-state index in [9.17, 15) is 27.9 Å². The van der Waals surface area contributed by atoms with Crippen LogP contribution in [-0.2, 0) is 19.2 Å². The number of carboxylic acids is 1. The van der Waals surface area contributed by atoms with E-state index in [4.69, 9.17) is 4.74 Å². The van der Waals surface area contributed by atoms with Crippen molar-refractivity contribution in [2.45, 2.75) is 26.1 Å². The normalized spacial score (nSPS) is 11.4. The van der Waals surface area contributed by atoms with Crippen molar-refractivity contribution >= 4 is 23.2 Å². The Balaban J connectivity index is 1.56. The molecule has 0 bridgehead atoms. The van der Waals surface area contributed by atoms with E-state index in [0.717, 1.165) is 23.8 Å². The number of carboxylic acid groups (broad SMARTS) is 1. The van der Waals surface area contributed by atoms with Crippen molar-refractivity contribution in [2.24, 2.45) is 0 Å². The first kappa shape index (κ1) is 27.4. The van der Waals surface area contributed by atoms with E-state index >= 15 is 0 Å². The van der Waals surface area contributed by atoms with Gasteiger partial charge in [-0.1, -0.05) is 43.3 Å². The van der Waals surface area contributed by atoms with Gasteiger partial charge in [-0.05, 0) is 54.4 Å². The molecule has 2 aromatic heterocycles. The Bertz CT molecular complexity index is 1750. The second-order valence-electron chi connectivity index (χ2n) is 9.06. The van der Waals surface area contributed by atoms with Gasteiger partial charge in [-0.2, -0.15) is 18.3 Å². The summed E-state index contributed by atoms with van der Waals surface area (Å²) in [7, 11) is 0. The van der Waals surface area contributed by atoms with Crippen LogP contribution in [-0.4, -0.2) is 31.6 Å². The molecule has 0 radical (unpaired) electrons. The second kappa shape index (κ2) is 11.1. The fourth-order valence-electron chi connectivity index (χ4n) is 4.35. The number of aromatic nitrogens is 3. The fourth-order valence-corrected chi connectivity index (χ4v) is 4.35. The molecule has 0 spiro atoms. The number of aromatic carboxylic acids is 1. The molecule has 41 heavy (non-hydrogen) atoms. The number of alkyl halides is 3. The smallest absolute Gasteiger partial charge is 0.416 e. The number of nitrogens with one attached hydrogen (secondary N) is 1. The minimum Gasteiger partial charge on any atom is -0.487 e.